The minimum absolute atomic E-state index is 0.0213. The lowest BCUT2D eigenvalue weighted by atomic mass is 9.86. The van der Waals surface area contributed by atoms with Crippen molar-refractivity contribution in [2.45, 2.75) is 12.8 Å². The highest BCUT2D eigenvalue weighted by molar-refractivity contribution is 6.35. The fourth-order valence-corrected chi connectivity index (χ4v) is 4.81. The van der Waals surface area contributed by atoms with E-state index in [1.165, 1.54) is 27.7 Å². The van der Waals surface area contributed by atoms with Gasteiger partial charge in [0.2, 0.25) is 0 Å². The second-order valence-corrected chi connectivity index (χ2v) is 8.93. The normalized spacial score (nSPS) is 12.1. The van der Waals surface area contributed by atoms with Crippen molar-refractivity contribution in [3.63, 3.8) is 0 Å². The standard InChI is InChI=1S/C26H20Cl2N4O3/c1-15-22(26(35)32(30-15)18-10-6-3-7-11-18)23(19-12-16(27)13-21(28)24(19)33)20-14-29-31(25(20)34)17-8-4-2-5-9-17/h2-14,23,29-30,33H,1H3. The fourth-order valence-electron chi connectivity index (χ4n) is 4.30. The van der Waals surface area contributed by atoms with Gasteiger partial charge in [-0.05, 0) is 43.3 Å². The number of nitrogens with one attached hydrogen (secondary N) is 2. The van der Waals surface area contributed by atoms with Crippen LogP contribution in [0, 0.1) is 6.92 Å². The summed E-state index contributed by atoms with van der Waals surface area (Å²) in [6.07, 6.45) is 1.53. The molecule has 2 heterocycles. The molecule has 9 heteroatoms. The van der Waals surface area contributed by atoms with Crippen molar-refractivity contribution in [3.05, 3.63) is 132 Å². The van der Waals surface area contributed by atoms with Gasteiger partial charge in [-0.1, -0.05) is 59.6 Å². The average molecular weight is 507 g/mol. The molecule has 0 saturated carbocycles. The molecule has 0 radical (unpaired) electrons. The third kappa shape index (κ3) is 3.99. The van der Waals surface area contributed by atoms with Crippen molar-refractivity contribution in [3.8, 4) is 17.1 Å². The number of nitrogens with zero attached hydrogens (tertiary/aromatic N) is 2. The molecule has 176 valence electrons. The first-order valence-electron chi connectivity index (χ1n) is 10.8. The van der Waals surface area contributed by atoms with Crippen molar-refractivity contribution in [2.75, 3.05) is 0 Å². The Bertz CT molecular complexity index is 1630. The Labute approximate surface area is 209 Å². The highest BCUT2D eigenvalue weighted by atomic mass is 35.5. The Morgan fingerprint density at radius 2 is 1.43 bits per heavy atom. The van der Waals surface area contributed by atoms with Crippen molar-refractivity contribution in [1.82, 2.24) is 19.6 Å². The highest BCUT2D eigenvalue weighted by Crippen LogP contribution is 2.41. The minimum atomic E-state index is -0.950. The van der Waals surface area contributed by atoms with Gasteiger partial charge < -0.3 is 5.11 Å². The molecule has 0 spiro atoms. The molecule has 35 heavy (non-hydrogen) atoms. The summed E-state index contributed by atoms with van der Waals surface area (Å²) in [5.41, 5.74) is 1.85. The van der Waals surface area contributed by atoms with E-state index in [0.717, 1.165) is 0 Å². The van der Waals surface area contributed by atoms with Crippen LogP contribution in [0.25, 0.3) is 11.4 Å². The monoisotopic (exact) mass is 506 g/mol. The number of hydrogen-bond donors (Lipinski definition) is 3. The molecule has 7 nitrogen and oxygen atoms in total. The maximum atomic E-state index is 13.7. The van der Waals surface area contributed by atoms with Crippen LogP contribution in [-0.2, 0) is 0 Å². The van der Waals surface area contributed by atoms with Gasteiger partial charge in [0.05, 0.1) is 27.9 Å². The fraction of sp³-hybridized carbons (Fsp3) is 0.0769. The lowest BCUT2D eigenvalue weighted by molar-refractivity contribution is 0.467. The summed E-state index contributed by atoms with van der Waals surface area (Å²) in [4.78, 5) is 27.3. The summed E-state index contributed by atoms with van der Waals surface area (Å²) < 4.78 is 2.78. The predicted octanol–water partition coefficient (Wildman–Crippen LogP) is 5.15. The third-order valence-corrected chi connectivity index (χ3v) is 6.42. The second-order valence-electron chi connectivity index (χ2n) is 8.09. The Morgan fingerprint density at radius 1 is 0.829 bits per heavy atom. The van der Waals surface area contributed by atoms with Crippen LogP contribution in [-0.4, -0.2) is 24.7 Å². The van der Waals surface area contributed by atoms with E-state index in [1.807, 2.05) is 36.4 Å². The number of phenolic OH excluding ortho intramolecular Hbond substituents is 1. The number of phenols is 1. The van der Waals surface area contributed by atoms with E-state index < -0.39 is 5.92 Å². The zero-order valence-electron chi connectivity index (χ0n) is 18.5. The van der Waals surface area contributed by atoms with Gasteiger partial charge in [0.25, 0.3) is 11.1 Å². The van der Waals surface area contributed by atoms with Crippen LogP contribution in [0.15, 0.2) is 88.6 Å². The smallest absolute Gasteiger partial charge is 0.275 e. The third-order valence-electron chi connectivity index (χ3n) is 5.91. The maximum Gasteiger partial charge on any atom is 0.275 e. The molecule has 1 atom stereocenters. The molecule has 0 aliphatic carbocycles. The Kier molecular flexibility index (Phi) is 5.88. The van der Waals surface area contributed by atoms with E-state index in [9.17, 15) is 14.7 Å². The van der Waals surface area contributed by atoms with Gasteiger partial charge in [-0.3, -0.25) is 19.8 Å². The summed E-state index contributed by atoms with van der Waals surface area (Å²) in [7, 11) is 0. The first kappa shape index (κ1) is 22.8. The SMILES string of the molecule is Cc1[nH]n(-c2ccccc2)c(=O)c1C(c1cc(Cl)cc(Cl)c1O)c1c[nH]n(-c2ccccc2)c1=O. The van der Waals surface area contributed by atoms with Gasteiger partial charge in [0.15, 0.2) is 0 Å². The summed E-state index contributed by atoms with van der Waals surface area (Å²) in [5, 5.41) is 17.3. The first-order valence-corrected chi connectivity index (χ1v) is 11.5. The number of rotatable bonds is 5. The molecular weight excluding hydrogens is 487 g/mol. The van der Waals surface area contributed by atoms with E-state index in [-0.39, 0.29) is 38.0 Å². The number of halogens is 2. The number of para-hydroxylation sites is 2. The van der Waals surface area contributed by atoms with Crippen molar-refractivity contribution in [1.29, 1.82) is 0 Å². The van der Waals surface area contributed by atoms with Crippen LogP contribution in [0.5, 0.6) is 5.75 Å². The molecular formula is C26H20Cl2N4O3. The number of aromatic nitrogens is 4. The van der Waals surface area contributed by atoms with Gasteiger partial charge in [0.1, 0.15) is 5.75 Å². The van der Waals surface area contributed by atoms with Crippen LogP contribution in [0.1, 0.15) is 28.3 Å². The molecule has 0 aliphatic heterocycles. The first-order chi connectivity index (χ1) is 16.9. The molecule has 0 bridgehead atoms. The summed E-state index contributed by atoms with van der Waals surface area (Å²) >= 11 is 12.5. The lowest BCUT2D eigenvalue weighted by Gasteiger charge is -2.17. The zero-order valence-corrected chi connectivity index (χ0v) is 20.0. The molecule has 1 unspecified atom stereocenters. The van der Waals surface area contributed by atoms with Crippen molar-refractivity contribution >= 4 is 23.2 Å². The number of aromatic hydroxyl groups is 1. The van der Waals surface area contributed by atoms with Gasteiger partial charge in [-0.25, -0.2) is 9.36 Å². The predicted molar refractivity (Wildman–Crippen MR) is 137 cm³/mol. The molecule has 0 aliphatic rings. The molecule has 3 aromatic carbocycles. The molecule has 3 N–H and O–H groups in total. The summed E-state index contributed by atoms with van der Waals surface area (Å²) in [6.45, 7) is 1.74. The highest BCUT2D eigenvalue weighted by Gasteiger charge is 2.31. The molecule has 0 saturated heterocycles. The number of benzene rings is 3. The average Bonchev–Trinajstić information content (AvgIpc) is 3.38. The van der Waals surface area contributed by atoms with Crippen LogP contribution in [0.4, 0.5) is 0 Å². The van der Waals surface area contributed by atoms with Crippen LogP contribution in [0.2, 0.25) is 10.0 Å². The summed E-state index contributed by atoms with van der Waals surface area (Å²) in [5.74, 6) is -1.20. The van der Waals surface area contributed by atoms with Crippen LogP contribution >= 0.6 is 23.2 Å². The zero-order chi connectivity index (χ0) is 24.7. The number of H-pyrrole nitrogens is 2. The maximum absolute atomic E-state index is 13.7. The second kappa shape index (κ2) is 9.02. The van der Waals surface area contributed by atoms with E-state index in [0.29, 0.717) is 22.6 Å². The largest absolute Gasteiger partial charge is 0.506 e. The number of aromatic amines is 2. The Hall–Kier alpha value is -3.94. The van der Waals surface area contributed by atoms with Gasteiger partial charge in [-0.2, -0.15) is 0 Å². The number of aryl methyl sites for hydroxylation is 1. The Morgan fingerprint density at radius 3 is 2.06 bits per heavy atom. The van der Waals surface area contributed by atoms with E-state index >= 15 is 0 Å². The molecule has 5 aromatic rings. The lowest BCUT2D eigenvalue weighted by Crippen LogP contribution is -2.25. The summed E-state index contributed by atoms with van der Waals surface area (Å²) in [6, 6.07) is 21.1. The Balaban J connectivity index is 1.79. The molecule has 0 fully saturated rings. The molecule has 5 rings (SSSR count). The molecule has 0 amide bonds. The van der Waals surface area contributed by atoms with Gasteiger partial charge in [-0.15, -0.1) is 0 Å². The van der Waals surface area contributed by atoms with Crippen LogP contribution in [0.3, 0.4) is 0 Å². The van der Waals surface area contributed by atoms with E-state index in [1.54, 1.807) is 31.2 Å². The van der Waals surface area contributed by atoms with E-state index in [4.69, 9.17) is 23.2 Å². The van der Waals surface area contributed by atoms with Gasteiger partial charge in [0, 0.05) is 28.0 Å². The van der Waals surface area contributed by atoms with Crippen molar-refractivity contribution in [2.24, 2.45) is 0 Å². The quantitative estimate of drug-likeness (QED) is 0.307. The minimum Gasteiger partial charge on any atom is -0.506 e. The van der Waals surface area contributed by atoms with Gasteiger partial charge >= 0.3 is 0 Å². The topological polar surface area (TPSA) is 95.8 Å². The number of hydrogen-bond acceptors (Lipinski definition) is 3. The van der Waals surface area contributed by atoms with E-state index in [2.05, 4.69) is 10.2 Å². The van der Waals surface area contributed by atoms with Crippen molar-refractivity contribution < 1.29 is 5.11 Å². The van der Waals surface area contributed by atoms with Crippen LogP contribution < -0.4 is 11.1 Å². The molecule has 2 aromatic heterocycles.